The number of amides is 5. The van der Waals surface area contributed by atoms with Crippen molar-refractivity contribution in [1.29, 1.82) is 0 Å². The molecule has 216 valence electrons. The van der Waals surface area contributed by atoms with Gasteiger partial charge in [0, 0.05) is 19.4 Å². The highest BCUT2D eigenvalue weighted by Crippen LogP contribution is 2.09. The standard InChI is InChI=1S/C22H41N9O7/c1-11(2)10-15(20(36)30-14(21(37)38)6-8-17(25)33)31-19(35)13(4-3-9-28-22(26)27)29-18(34)12(23)5-7-16(24)32/h11-15H,3-10,23H2,1-2H3,(H2,24,32)(H2,25,33)(H,29,34)(H,30,36)(H,31,35)(H,37,38)(H4,26,27,28). The molecule has 0 aromatic carbocycles. The van der Waals surface area contributed by atoms with Gasteiger partial charge in [0.2, 0.25) is 29.5 Å². The highest BCUT2D eigenvalue weighted by atomic mass is 16.4. The number of hydrogen-bond acceptors (Lipinski definition) is 8. The first-order chi connectivity index (χ1) is 17.6. The number of hydrogen-bond donors (Lipinski definition) is 9. The minimum absolute atomic E-state index is 0.0379. The number of nitrogens with zero attached hydrogens (tertiary/aromatic N) is 1. The molecule has 14 N–H and O–H groups in total. The van der Waals surface area contributed by atoms with E-state index < -0.39 is 59.7 Å². The van der Waals surface area contributed by atoms with E-state index in [1.807, 2.05) is 0 Å². The number of carbonyl (C=O) groups excluding carboxylic acids is 5. The monoisotopic (exact) mass is 543 g/mol. The van der Waals surface area contributed by atoms with Crippen molar-refractivity contribution in [3.05, 3.63) is 0 Å². The zero-order valence-corrected chi connectivity index (χ0v) is 21.8. The summed E-state index contributed by atoms with van der Waals surface area (Å²) in [7, 11) is 0. The molecule has 0 saturated heterocycles. The molecule has 0 saturated carbocycles. The maximum absolute atomic E-state index is 13.1. The van der Waals surface area contributed by atoms with Gasteiger partial charge in [-0.2, -0.15) is 0 Å². The van der Waals surface area contributed by atoms with Crippen LogP contribution in [0.2, 0.25) is 0 Å². The molecule has 0 heterocycles. The summed E-state index contributed by atoms with van der Waals surface area (Å²) in [6, 6.07) is -4.82. The van der Waals surface area contributed by atoms with Gasteiger partial charge in [-0.1, -0.05) is 13.8 Å². The molecule has 0 spiro atoms. The molecule has 0 rings (SSSR count). The van der Waals surface area contributed by atoms with Gasteiger partial charge in [0.25, 0.3) is 0 Å². The van der Waals surface area contributed by atoms with Crippen LogP contribution in [-0.4, -0.2) is 77.3 Å². The van der Waals surface area contributed by atoms with Crippen LogP contribution in [0.15, 0.2) is 4.99 Å². The maximum Gasteiger partial charge on any atom is 0.326 e. The number of primary amides is 2. The Kier molecular flexibility index (Phi) is 15.7. The van der Waals surface area contributed by atoms with Crippen LogP contribution in [0.25, 0.3) is 0 Å². The Bertz CT molecular complexity index is 875. The minimum Gasteiger partial charge on any atom is -0.480 e. The average molecular weight is 544 g/mol. The summed E-state index contributed by atoms with van der Waals surface area (Å²) < 4.78 is 0. The second-order valence-corrected chi connectivity index (χ2v) is 9.22. The Morgan fingerprint density at radius 1 is 0.737 bits per heavy atom. The van der Waals surface area contributed by atoms with Crippen molar-refractivity contribution in [2.45, 2.75) is 83.0 Å². The third-order valence-electron chi connectivity index (χ3n) is 5.25. The molecule has 5 amide bonds. The van der Waals surface area contributed by atoms with Crippen molar-refractivity contribution in [3.63, 3.8) is 0 Å². The lowest BCUT2D eigenvalue weighted by atomic mass is 10.0. The number of nitrogens with two attached hydrogens (primary N) is 5. The van der Waals surface area contributed by atoms with Crippen molar-refractivity contribution in [3.8, 4) is 0 Å². The number of nitrogens with one attached hydrogen (secondary N) is 3. The van der Waals surface area contributed by atoms with Crippen molar-refractivity contribution >= 4 is 41.5 Å². The first kappa shape index (κ1) is 34.0. The summed E-state index contributed by atoms with van der Waals surface area (Å²) >= 11 is 0. The zero-order valence-electron chi connectivity index (χ0n) is 21.8. The predicted molar refractivity (Wildman–Crippen MR) is 138 cm³/mol. The van der Waals surface area contributed by atoms with E-state index in [-0.39, 0.29) is 63.4 Å². The number of guanidine groups is 1. The number of carboxylic acid groups (broad SMARTS) is 1. The number of rotatable bonds is 19. The topological polar surface area (TPSA) is 301 Å². The van der Waals surface area contributed by atoms with Gasteiger partial charge in [-0.25, -0.2) is 4.79 Å². The summed E-state index contributed by atoms with van der Waals surface area (Å²) in [5, 5.41) is 16.8. The van der Waals surface area contributed by atoms with Gasteiger partial charge in [0.05, 0.1) is 6.04 Å². The van der Waals surface area contributed by atoms with Crippen molar-refractivity contribution < 1.29 is 33.9 Å². The molecule has 0 aromatic rings. The molecule has 16 nitrogen and oxygen atoms in total. The molecule has 4 unspecified atom stereocenters. The fraction of sp³-hybridized carbons (Fsp3) is 0.682. The molecule has 0 radical (unpaired) electrons. The summed E-state index contributed by atoms with van der Waals surface area (Å²) in [6.45, 7) is 3.74. The number of carboxylic acids is 1. The molecule has 16 heteroatoms. The lowest BCUT2D eigenvalue weighted by Crippen LogP contribution is -2.57. The van der Waals surface area contributed by atoms with E-state index in [1.165, 1.54) is 0 Å². The number of aliphatic imine (C=N–C) groups is 1. The highest BCUT2D eigenvalue weighted by molar-refractivity contribution is 5.94. The lowest BCUT2D eigenvalue weighted by Gasteiger charge is -2.26. The van der Waals surface area contributed by atoms with E-state index in [1.54, 1.807) is 13.8 Å². The Balaban J connectivity index is 5.63. The maximum atomic E-state index is 13.1. The van der Waals surface area contributed by atoms with Crippen molar-refractivity contribution in [1.82, 2.24) is 16.0 Å². The second-order valence-electron chi connectivity index (χ2n) is 9.22. The van der Waals surface area contributed by atoms with Crippen molar-refractivity contribution in [2.24, 2.45) is 39.6 Å². The van der Waals surface area contributed by atoms with Crippen LogP contribution in [0.5, 0.6) is 0 Å². The first-order valence-corrected chi connectivity index (χ1v) is 12.1. The van der Waals surface area contributed by atoms with Gasteiger partial charge in [0.15, 0.2) is 5.96 Å². The Hall–Kier alpha value is -3.95. The molecule has 0 aliphatic heterocycles. The van der Waals surface area contributed by atoms with Gasteiger partial charge in [-0.15, -0.1) is 0 Å². The minimum atomic E-state index is -1.40. The largest absolute Gasteiger partial charge is 0.480 e. The molecular formula is C22H41N9O7. The zero-order chi connectivity index (χ0) is 29.4. The van der Waals surface area contributed by atoms with Crippen molar-refractivity contribution in [2.75, 3.05) is 6.54 Å². The lowest BCUT2D eigenvalue weighted by molar-refractivity contribution is -0.142. The van der Waals surface area contributed by atoms with E-state index >= 15 is 0 Å². The molecule has 0 aliphatic carbocycles. The number of aliphatic carboxylic acids is 1. The average Bonchev–Trinajstić information content (AvgIpc) is 2.80. The molecule has 38 heavy (non-hydrogen) atoms. The Labute approximate surface area is 220 Å². The van der Waals surface area contributed by atoms with Crippen LogP contribution < -0.4 is 44.6 Å². The van der Waals surface area contributed by atoms with Crippen LogP contribution in [0.3, 0.4) is 0 Å². The summed E-state index contributed by atoms with van der Waals surface area (Å²) in [4.78, 5) is 76.0. The van der Waals surface area contributed by atoms with E-state index in [0.29, 0.717) is 0 Å². The van der Waals surface area contributed by atoms with Crippen LogP contribution in [0.1, 0.15) is 58.8 Å². The highest BCUT2D eigenvalue weighted by Gasteiger charge is 2.30. The summed E-state index contributed by atoms with van der Waals surface area (Å²) in [6.07, 6.45) is -0.168. The molecule has 0 aromatic heterocycles. The SMILES string of the molecule is CC(C)CC(NC(=O)C(CCCN=C(N)N)NC(=O)C(N)CCC(N)=O)C(=O)NC(CCC(N)=O)C(=O)O. The fourth-order valence-corrected chi connectivity index (χ4v) is 3.27. The van der Waals surface area contributed by atoms with Gasteiger partial charge < -0.3 is 49.7 Å². The quantitative estimate of drug-likeness (QED) is 0.0439. The fourth-order valence-electron chi connectivity index (χ4n) is 3.27. The third-order valence-corrected chi connectivity index (χ3v) is 5.25. The van der Waals surface area contributed by atoms with Gasteiger partial charge in [0.1, 0.15) is 18.1 Å². The van der Waals surface area contributed by atoms with E-state index in [2.05, 4.69) is 20.9 Å². The Morgan fingerprint density at radius 2 is 1.24 bits per heavy atom. The van der Waals surface area contributed by atoms with Gasteiger partial charge >= 0.3 is 5.97 Å². The number of carbonyl (C=O) groups is 6. The first-order valence-electron chi connectivity index (χ1n) is 12.1. The smallest absolute Gasteiger partial charge is 0.326 e. The van der Waals surface area contributed by atoms with Gasteiger partial charge in [-0.3, -0.25) is 29.0 Å². The van der Waals surface area contributed by atoms with E-state index in [4.69, 9.17) is 28.7 Å². The van der Waals surface area contributed by atoms with Crippen LogP contribution in [0.4, 0.5) is 0 Å². The predicted octanol–water partition coefficient (Wildman–Crippen LogP) is -3.52. The van der Waals surface area contributed by atoms with Crippen LogP contribution in [-0.2, 0) is 28.8 Å². The molecule has 4 atom stereocenters. The summed E-state index contributed by atoms with van der Waals surface area (Å²) in [5.74, 6) is -5.20. The molecule has 0 aliphatic rings. The van der Waals surface area contributed by atoms with Crippen LogP contribution in [0, 0.1) is 5.92 Å². The molecular weight excluding hydrogens is 502 g/mol. The van der Waals surface area contributed by atoms with Crippen LogP contribution >= 0.6 is 0 Å². The van der Waals surface area contributed by atoms with Gasteiger partial charge in [-0.05, 0) is 38.0 Å². The normalized spacial score (nSPS) is 13.9. The molecule has 0 bridgehead atoms. The van der Waals surface area contributed by atoms with E-state index in [0.717, 1.165) is 0 Å². The summed E-state index contributed by atoms with van der Waals surface area (Å²) in [5.41, 5.74) is 26.6. The Morgan fingerprint density at radius 3 is 1.74 bits per heavy atom. The third kappa shape index (κ3) is 15.2. The van der Waals surface area contributed by atoms with E-state index in [9.17, 15) is 33.9 Å². The second kappa shape index (κ2) is 17.5. The molecule has 0 fully saturated rings.